The molecule has 0 aliphatic heterocycles. The van der Waals surface area contributed by atoms with E-state index in [0.717, 1.165) is 11.1 Å². The van der Waals surface area contributed by atoms with Gasteiger partial charge in [-0.25, -0.2) is 9.59 Å². The number of rotatable bonds is 4. The number of benzene rings is 1. The number of hydrogen-bond donors (Lipinski definition) is 2. The molecule has 0 aliphatic rings. The lowest BCUT2D eigenvalue weighted by atomic mass is 9.98. The van der Waals surface area contributed by atoms with Gasteiger partial charge < -0.3 is 9.84 Å². The highest BCUT2D eigenvalue weighted by atomic mass is 16.6. The molecule has 1 aromatic carbocycles. The van der Waals surface area contributed by atoms with Gasteiger partial charge in [-0.3, -0.25) is 5.32 Å². The van der Waals surface area contributed by atoms with Crippen molar-refractivity contribution in [3.8, 4) is 0 Å². The van der Waals surface area contributed by atoms with Crippen molar-refractivity contribution in [2.45, 2.75) is 26.7 Å². The molecule has 5 nitrogen and oxygen atoms in total. The summed E-state index contributed by atoms with van der Waals surface area (Å²) < 4.78 is 4.55. The average Bonchev–Trinajstić information content (AvgIpc) is 2.28. The number of carbonyl (C=O) groups excluding carboxylic acids is 1. The van der Waals surface area contributed by atoms with Crippen LogP contribution in [-0.4, -0.2) is 23.8 Å². The highest BCUT2D eigenvalue weighted by Gasteiger charge is 2.13. The average molecular weight is 251 g/mol. The first-order valence-electron chi connectivity index (χ1n) is 5.67. The van der Waals surface area contributed by atoms with Crippen molar-refractivity contribution in [1.82, 2.24) is 0 Å². The standard InChI is InChI=1S/C13H17NO4/c1-8(2)10-6-4-5-9(3)12(10)14-13(17)18-7-11(15)16/h4-6,8H,7H2,1-3H3,(H,14,17)(H,15,16). The molecule has 1 amide bonds. The first kappa shape index (κ1) is 14.0. The van der Waals surface area contributed by atoms with Gasteiger partial charge in [0.1, 0.15) is 0 Å². The van der Waals surface area contributed by atoms with Gasteiger partial charge in [0.25, 0.3) is 0 Å². The highest BCUT2D eigenvalue weighted by Crippen LogP contribution is 2.27. The number of hydrogen-bond acceptors (Lipinski definition) is 3. The maximum Gasteiger partial charge on any atom is 0.412 e. The van der Waals surface area contributed by atoms with E-state index in [-0.39, 0.29) is 5.92 Å². The van der Waals surface area contributed by atoms with Crippen molar-refractivity contribution >= 4 is 17.7 Å². The third-order valence-electron chi connectivity index (χ3n) is 2.48. The summed E-state index contributed by atoms with van der Waals surface area (Å²) in [5.74, 6) is -0.932. The van der Waals surface area contributed by atoms with E-state index < -0.39 is 18.7 Å². The molecule has 18 heavy (non-hydrogen) atoms. The summed E-state index contributed by atoms with van der Waals surface area (Å²) in [6.45, 7) is 5.26. The van der Waals surface area contributed by atoms with Crippen LogP contribution < -0.4 is 5.32 Å². The second-order valence-electron chi connectivity index (χ2n) is 4.29. The van der Waals surface area contributed by atoms with Gasteiger partial charge in [0, 0.05) is 0 Å². The number of para-hydroxylation sites is 1. The van der Waals surface area contributed by atoms with Crippen LogP contribution in [0.1, 0.15) is 30.9 Å². The number of anilines is 1. The Bertz CT molecular complexity index is 454. The third kappa shape index (κ3) is 3.76. The Kier molecular flexibility index (Phi) is 4.71. The number of amides is 1. The lowest BCUT2D eigenvalue weighted by molar-refractivity contribution is -0.140. The second-order valence-corrected chi connectivity index (χ2v) is 4.29. The zero-order valence-corrected chi connectivity index (χ0v) is 10.7. The molecule has 0 atom stereocenters. The van der Waals surface area contributed by atoms with Crippen LogP contribution in [0.5, 0.6) is 0 Å². The van der Waals surface area contributed by atoms with E-state index in [1.165, 1.54) is 0 Å². The predicted octanol–water partition coefficient (Wildman–Crippen LogP) is 2.75. The zero-order valence-electron chi connectivity index (χ0n) is 10.7. The molecule has 1 aromatic rings. The van der Waals surface area contributed by atoms with Crippen LogP contribution in [0.25, 0.3) is 0 Å². The van der Waals surface area contributed by atoms with Gasteiger partial charge in [-0.15, -0.1) is 0 Å². The number of aryl methyl sites for hydroxylation is 1. The summed E-state index contributed by atoms with van der Waals surface area (Å²) >= 11 is 0. The number of carbonyl (C=O) groups is 2. The van der Waals surface area contributed by atoms with E-state index in [1.807, 2.05) is 39.0 Å². The summed E-state index contributed by atoms with van der Waals surface area (Å²) in [7, 11) is 0. The number of carboxylic acid groups (broad SMARTS) is 1. The molecule has 0 bridgehead atoms. The van der Waals surface area contributed by atoms with Crippen molar-refractivity contribution in [2.24, 2.45) is 0 Å². The molecule has 2 N–H and O–H groups in total. The lowest BCUT2D eigenvalue weighted by Gasteiger charge is -2.15. The van der Waals surface area contributed by atoms with E-state index >= 15 is 0 Å². The summed E-state index contributed by atoms with van der Waals surface area (Å²) in [5.41, 5.74) is 2.58. The van der Waals surface area contributed by atoms with Crippen LogP contribution in [0.15, 0.2) is 18.2 Å². The van der Waals surface area contributed by atoms with Crippen molar-refractivity contribution in [3.05, 3.63) is 29.3 Å². The maximum absolute atomic E-state index is 11.4. The van der Waals surface area contributed by atoms with Gasteiger partial charge in [0.05, 0.1) is 5.69 Å². The van der Waals surface area contributed by atoms with Crippen molar-refractivity contribution in [1.29, 1.82) is 0 Å². The second kappa shape index (κ2) is 6.05. The summed E-state index contributed by atoms with van der Waals surface area (Å²) in [6, 6.07) is 5.71. The van der Waals surface area contributed by atoms with Gasteiger partial charge in [0.15, 0.2) is 6.61 Å². The molecule has 0 saturated heterocycles. The van der Waals surface area contributed by atoms with Crippen molar-refractivity contribution < 1.29 is 19.4 Å². The molecule has 0 radical (unpaired) electrons. The fraction of sp³-hybridized carbons (Fsp3) is 0.385. The SMILES string of the molecule is Cc1cccc(C(C)C)c1NC(=O)OCC(=O)O. The molecule has 0 aliphatic carbocycles. The smallest absolute Gasteiger partial charge is 0.412 e. The molecule has 0 fully saturated rings. The normalized spacial score (nSPS) is 10.2. The summed E-state index contributed by atoms with van der Waals surface area (Å²) in [4.78, 5) is 21.7. The topological polar surface area (TPSA) is 75.6 Å². The van der Waals surface area contributed by atoms with Crippen LogP contribution in [-0.2, 0) is 9.53 Å². The monoisotopic (exact) mass is 251 g/mol. The Labute approximate surface area is 106 Å². The van der Waals surface area contributed by atoms with Crippen LogP contribution in [0, 0.1) is 6.92 Å². The van der Waals surface area contributed by atoms with Crippen LogP contribution >= 0.6 is 0 Å². The van der Waals surface area contributed by atoms with Gasteiger partial charge in [-0.1, -0.05) is 32.0 Å². The molecule has 98 valence electrons. The van der Waals surface area contributed by atoms with Gasteiger partial charge in [0.2, 0.25) is 0 Å². The van der Waals surface area contributed by atoms with E-state index in [1.54, 1.807) is 0 Å². The fourth-order valence-electron chi connectivity index (χ4n) is 1.61. The minimum Gasteiger partial charge on any atom is -0.479 e. The first-order valence-corrected chi connectivity index (χ1v) is 5.67. The maximum atomic E-state index is 11.4. The van der Waals surface area contributed by atoms with E-state index in [0.29, 0.717) is 5.69 Å². The molecular weight excluding hydrogens is 234 g/mol. The Hall–Kier alpha value is -2.04. The zero-order chi connectivity index (χ0) is 13.7. The minimum atomic E-state index is -1.18. The number of aliphatic carboxylic acids is 1. The molecule has 0 unspecified atom stereocenters. The van der Waals surface area contributed by atoms with Gasteiger partial charge in [-0.05, 0) is 24.0 Å². The minimum absolute atomic E-state index is 0.250. The molecular formula is C13H17NO4. The van der Waals surface area contributed by atoms with Crippen LogP contribution in [0.2, 0.25) is 0 Å². The van der Waals surface area contributed by atoms with Crippen molar-refractivity contribution in [2.75, 3.05) is 11.9 Å². The Morgan fingerprint density at radius 2 is 2.06 bits per heavy atom. The molecule has 1 rings (SSSR count). The van der Waals surface area contributed by atoms with E-state index in [4.69, 9.17) is 5.11 Å². The Balaban J connectivity index is 2.83. The Morgan fingerprint density at radius 1 is 1.39 bits per heavy atom. The molecule has 0 heterocycles. The predicted molar refractivity (Wildman–Crippen MR) is 67.9 cm³/mol. The van der Waals surface area contributed by atoms with Crippen LogP contribution in [0.3, 0.4) is 0 Å². The first-order chi connectivity index (χ1) is 8.41. The van der Waals surface area contributed by atoms with Crippen molar-refractivity contribution in [3.63, 3.8) is 0 Å². The Morgan fingerprint density at radius 3 is 2.61 bits per heavy atom. The third-order valence-corrected chi connectivity index (χ3v) is 2.48. The number of carboxylic acids is 1. The van der Waals surface area contributed by atoms with E-state index in [2.05, 4.69) is 10.1 Å². The summed E-state index contributed by atoms with van der Waals surface area (Å²) in [6.07, 6.45) is -0.756. The highest BCUT2D eigenvalue weighted by molar-refractivity contribution is 5.88. The molecule has 5 heteroatoms. The lowest BCUT2D eigenvalue weighted by Crippen LogP contribution is -2.19. The van der Waals surface area contributed by atoms with Crippen LogP contribution in [0.4, 0.5) is 10.5 Å². The molecule has 0 saturated carbocycles. The number of nitrogens with one attached hydrogen (secondary N) is 1. The fourth-order valence-corrected chi connectivity index (χ4v) is 1.61. The van der Waals surface area contributed by atoms with Gasteiger partial charge in [-0.2, -0.15) is 0 Å². The number of ether oxygens (including phenoxy) is 1. The summed E-state index contributed by atoms with van der Waals surface area (Å²) in [5, 5.41) is 11.0. The van der Waals surface area contributed by atoms with Gasteiger partial charge >= 0.3 is 12.1 Å². The molecule has 0 spiro atoms. The van der Waals surface area contributed by atoms with E-state index in [9.17, 15) is 9.59 Å². The quantitative estimate of drug-likeness (QED) is 0.862. The molecule has 0 aromatic heterocycles. The largest absolute Gasteiger partial charge is 0.479 e.